The van der Waals surface area contributed by atoms with Crippen molar-refractivity contribution in [2.24, 2.45) is 0 Å². The quantitative estimate of drug-likeness (QED) is 0.733. The lowest BCUT2D eigenvalue weighted by Crippen LogP contribution is -2.22. The molecule has 0 aliphatic rings. The van der Waals surface area contributed by atoms with Crippen LogP contribution in [0.25, 0.3) is 10.9 Å². The number of fused-ring (bicyclic) bond motifs is 1. The van der Waals surface area contributed by atoms with Crippen molar-refractivity contribution >= 4 is 22.5 Å². The number of hydrogen-bond donors (Lipinski definition) is 1. The second-order valence-corrected chi connectivity index (χ2v) is 6.67. The molecule has 3 rings (SSSR count). The first-order chi connectivity index (χ1) is 12.5. The first-order valence-corrected chi connectivity index (χ1v) is 8.89. The van der Waals surface area contributed by atoms with E-state index >= 15 is 0 Å². The van der Waals surface area contributed by atoms with Crippen molar-refractivity contribution in [3.05, 3.63) is 70.8 Å². The van der Waals surface area contributed by atoms with E-state index in [-0.39, 0.29) is 17.5 Å². The van der Waals surface area contributed by atoms with Crippen LogP contribution in [0.4, 0.5) is 5.69 Å². The van der Waals surface area contributed by atoms with E-state index in [1.165, 1.54) is 5.56 Å². The van der Waals surface area contributed by atoms with Crippen molar-refractivity contribution in [2.45, 2.75) is 39.2 Å². The Labute approximate surface area is 152 Å². The van der Waals surface area contributed by atoms with Crippen LogP contribution in [0, 0.1) is 0 Å². The molecule has 0 radical (unpaired) electrons. The summed E-state index contributed by atoms with van der Waals surface area (Å²) >= 11 is 0. The van der Waals surface area contributed by atoms with Gasteiger partial charge in [-0.3, -0.25) is 14.2 Å². The molecule has 0 saturated carbocycles. The number of anilines is 1. The molecule has 0 atom stereocenters. The summed E-state index contributed by atoms with van der Waals surface area (Å²) < 4.78 is 1.59. The van der Waals surface area contributed by atoms with Gasteiger partial charge in [-0.05, 0) is 50.5 Å². The zero-order valence-electron chi connectivity index (χ0n) is 15.1. The van der Waals surface area contributed by atoms with E-state index < -0.39 is 0 Å². The molecule has 5 heteroatoms. The number of rotatable bonds is 6. The number of aryl methyl sites for hydroxylation is 1. The summed E-state index contributed by atoms with van der Waals surface area (Å²) in [5.74, 6) is -0.0478. The smallest absolute Gasteiger partial charge is 0.261 e. The van der Waals surface area contributed by atoms with Gasteiger partial charge in [-0.1, -0.05) is 30.3 Å². The fraction of sp³-hybridized carbons (Fsp3) is 0.286. The Kier molecular flexibility index (Phi) is 5.46. The fourth-order valence-corrected chi connectivity index (χ4v) is 2.90. The molecule has 0 saturated heterocycles. The minimum absolute atomic E-state index is 0.0376. The molecule has 0 spiro atoms. The molecule has 1 heterocycles. The van der Waals surface area contributed by atoms with Gasteiger partial charge in [0, 0.05) is 18.2 Å². The first-order valence-electron chi connectivity index (χ1n) is 8.89. The molecule has 2 aromatic carbocycles. The van der Waals surface area contributed by atoms with Gasteiger partial charge >= 0.3 is 0 Å². The lowest BCUT2D eigenvalue weighted by molar-refractivity contribution is -0.116. The van der Waals surface area contributed by atoms with Gasteiger partial charge in [0.15, 0.2) is 0 Å². The zero-order valence-corrected chi connectivity index (χ0v) is 15.1. The molecule has 0 fully saturated rings. The number of carbonyl (C=O) groups is 1. The van der Waals surface area contributed by atoms with E-state index in [1.54, 1.807) is 29.1 Å². The van der Waals surface area contributed by atoms with Gasteiger partial charge in [-0.15, -0.1) is 0 Å². The van der Waals surface area contributed by atoms with Gasteiger partial charge in [0.25, 0.3) is 5.56 Å². The highest BCUT2D eigenvalue weighted by molar-refractivity contribution is 5.93. The van der Waals surface area contributed by atoms with Crippen LogP contribution in [0.3, 0.4) is 0 Å². The number of nitrogens with zero attached hydrogens (tertiary/aromatic N) is 2. The van der Waals surface area contributed by atoms with Crippen LogP contribution in [-0.2, 0) is 11.2 Å². The van der Waals surface area contributed by atoms with E-state index in [1.807, 2.05) is 32.0 Å². The van der Waals surface area contributed by atoms with Crippen molar-refractivity contribution < 1.29 is 4.79 Å². The van der Waals surface area contributed by atoms with Crippen molar-refractivity contribution in [1.29, 1.82) is 0 Å². The number of aromatic nitrogens is 2. The highest BCUT2D eigenvalue weighted by atomic mass is 16.1. The number of nitrogens with one attached hydrogen (secondary N) is 1. The van der Waals surface area contributed by atoms with Crippen LogP contribution in [0.15, 0.2) is 59.7 Å². The van der Waals surface area contributed by atoms with Gasteiger partial charge in [-0.25, -0.2) is 4.98 Å². The summed E-state index contributed by atoms with van der Waals surface area (Å²) in [5.41, 5.74) is 2.40. The molecule has 1 aromatic heterocycles. The Morgan fingerprint density at radius 1 is 1.15 bits per heavy atom. The Balaban J connectivity index is 1.67. The monoisotopic (exact) mass is 349 g/mol. The molecule has 134 valence electrons. The molecular formula is C21H23N3O2. The summed E-state index contributed by atoms with van der Waals surface area (Å²) in [5, 5.41) is 3.40. The van der Waals surface area contributed by atoms with Gasteiger partial charge in [-0.2, -0.15) is 0 Å². The van der Waals surface area contributed by atoms with Crippen LogP contribution in [0.5, 0.6) is 0 Å². The highest BCUT2D eigenvalue weighted by Gasteiger charge is 2.09. The van der Waals surface area contributed by atoms with Crippen LogP contribution in [0.2, 0.25) is 0 Å². The largest absolute Gasteiger partial charge is 0.326 e. The van der Waals surface area contributed by atoms with E-state index in [2.05, 4.69) is 22.4 Å². The Hall–Kier alpha value is -2.95. The fourth-order valence-electron chi connectivity index (χ4n) is 2.90. The second-order valence-electron chi connectivity index (χ2n) is 6.67. The van der Waals surface area contributed by atoms with E-state index in [9.17, 15) is 9.59 Å². The Morgan fingerprint density at radius 3 is 2.65 bits per heavy atom. The van der Waals surface area contributed by atoms with Crippen molar-refractivity contribution in [1.82, 2.24) is 9.55 Å². The van der Waals surface area contributed by atoms with Crippen molar-refractivity contribution in [3.63, 3.8) is 0 Å². The average molecular weight is 349 g/mol. The van der Waals surface area contributed by atoms with Crippen LogP contribution < -0.4 is 10.9 Å². The normalized spacial score (nSPS) is 11.0. The summed E-state index contributed by atoms with van der Waals surface area (Å²) in [4.78, 5) is 29.1. The maximum atomic E-state index is 12.5. The van der Waals surface area contributed by atoms with Crippen LogP contribution in [-0.4, -0.2) is 15.5 Å². The number of hydrogen-bond acceptors (Lipinski definition) is 3. The molecule has 26 heavy (non-hydrogen) atoms. The molecule has 1 amide bonds. The third kappa shape index (κ3) is 4.17. The van der Waals surface area contributed by atoms with E-state index in [0.717, 1.165) is 12.8 Å². The summed E-state index contributed by atoms with van der Waals surface area (Å²) in [6.45, 7) is 3.88. The first kappa shape index (κ1) is 17.9. The maximum Gasteiger partial charge on any atom is 0.261 e. The minimum atomic E-state index is -0.0924. The summed E-state index contributed by atoms with van der Waals surface area (Å²) in [7, 11) is 0. The van der Waals surface area contributed by atoms with Crippen molar-refractivity contribution in [2.75, 3.05) is 5.32 Å². The van der Waals surface area contributed by atoms with E-state index in [4.69, 9.17) is 0 Å². The highest BCUT2D eigenvalue weighted by Crippen LogP contribution is 2.16. The molecule has 0 bridgehead atoms. The zero-order chi connectivity index (χ0) is 18.5. The van der Waals surface area contributed by atoms with Gasteiger partial charge in [0.05, 0.1) is 17.2 Å². The molecule has 0 unspecified atom stereocenters. The Bertz CT molecular complexity index is 962. The molecule has 0 aliphatic carbocycles. The summed E-state index contributed by atoms with van der Waals surface area (Å²) in [6.07, 6.45) is 3.66. The number of amides is 1. The Morgan fingerprint density at radius 2 is 1.92 bits per heavy atom. The topological polar surface area (TPSA) is 64.0 Å². The molecule has 3 aromatic rings. The molecular weight excluding hydrogens is 326 g/mol. The summed E-state index contributed by atoms with van der Waals surface area (Å²) in [6, 6.07) is 15.4. The average Bonchev–Trinajstić information content (AvgIpc) is 2.63. The lowest BCUT2D eigenvalue weighted by atomic mass is 10.1. The van der Waals surface area contributed by atoms with Gasteiger partial charge in [0.1, 0.15) is 0 Å². The lowest BCUT2D eigenvalue weighted by Gasteiger charge is -2.11. The number of carbonyl (C=O) groups excluding carboxylic acids is 1. The van der Waals surface area contributed by atoms with Gasteiger partial charge in [0.2, 0.25) is 5.91 Å². The predicted molar refractivity (Wildman–Crippen MR) is 104 cm³/mol. The van der Waals surface area contributed by atoms with E-state index in [0.29, 0.717) is 23.0 Å². The molecule has 0 aliphatic heterocycles. The second kappa shape index (κ2) is 7.95. The van der Waals surface area contributed by atoms with Crippen LogP contribution >= 0.6 is 0 Å². The third-order valence-corrected chi connectivity index (χ3v) is 4.33. The molecule has 5 nitrogen and oxygen atoms in total. The minimum Gasteiger partial charge on any atom is -0.326 e. The molecule has 1 N–H and O–H groups in total. The predicted octanol–water partition coefficient (Wildman–Crippen LogP) is 3.94. The maximum absolute atomic E-state index is 12.5. The van der Waals surface area contributed by atoms with Gasteiger partial charge < -0.3 is 5.32 Å². The van der Waals surface area contributed by atoms with Crippen molar-refractivity contribution in [3.8, 4) is 0 Å². The standard InChI is InChI=1S/C21H23N3O2/c1-15(2)24-14-22-19-12-11-17(13-18(19)21(24)26)23-20(25)10-6-9-16-7-4-3-5-8-16/h3-5,7-8,11-15H,6,9-10H2,1-2H3,(H,23,25). The SMILES string of the molecule is CC(C)n1cnc2ccc(NC(=O)CCCc3ccccc3)cc2c1=O. The number of benzene rings is 2. The van der Waals surface area contributed by atoms with Crippen LogP contribution in [0.1, 0.15) is 38.3 Å². The third-order valence-electron chi connectivity index (χ3n) is 4.33.